The molecule has 7 heteroatoms. The van der Waals surface area contributed by atoms with Gasteiger partial charge in [-0.2, -0.15) is 26.3 Å². The maximum Gasteiger partial charge on any atom is 0.383 e. The van der Waals surface area contributed by atoms with Crippen molar-refractivity contribution < 1.29 is 30.7 Å². The SMILES string of the molecule is Cc1cc(C2=C(F)C(F)(F)C(F)(F)C2(F)F)cc(C)c1C. The van der Waals surface area contributed by atoms with Crippen LogP contribution < -0.4 is 0 Å². The first kappa shape index (κ1) is 15.9. The Morgan fingerprint density at radius 3 is 1.52 bits per heavy atom. The molecule has 0 saturated heterocycles. The number of rotatable bonds is 1. The number of halogens is 7. The number of hydrogen-bond acceptors (Lipinski definition) is 0. The van der Waals surface area contributed by atoms with E-state index in [4.69, 9.17) is 0 Å². The minimum atomic E-state index is -5.80. The van der Waals surface area contributed by atoms with Crippen LogP contribution in [0.25, 0.3) is 5.57 Å². The maximum absolute atomic E-state index is 13.7. The summed E-state index contributed by atoms with van der Waals surface area (Å²) in [5.41, 5.74) is -1.09. The van der Waals surface area contributed by atoms with Gasteiger partial charge in [-0.15, -0.1) is 0 Å². The molecule has 0 N–H and O–H groups in total. The highest BCUT2D eigenvalue weighted by Gasteiger charge is 2.81. The zero-order valence-corrected chi connectivity index (χ0v) is 11.3. The Morgan fingerprint density at radius 2 is 1.19 bits per heavy atom. The van der Waals surface area contributed by atoms with E-state index < -0.39 is 34.7 Å². The third-order valence-corrected chi connectivity index (χ3v) is 3.81. The normalized spacial score (nSPS) is 22.8. The van der Waals surface area contributed by atoms with Gasteiger partial charge in [0.1, 0.15) is 0 Å². The fourth-order valence-electron chi connectivity index (χ4n) is 2.27. The predicted molar refractivity (Wildman–Crippen MR) is 63.5 cm³/mol. The second-order valence-corrected chi connectivity index (χ2v) is 5.15. The van der Waals surface area contributed by atoms with E-state index in [1.807, 2.05) is 0 Å². The minimum Gasteiger partial charge on any atom is -0.204 e. The van der Waals surface area contributed by atoms with Crippen LogP contribution in [0.1, 0.15) is 22.3 Å². The number of aryl methyl sites for hydroxylation is 2. The van der Waals surface area contributed by atoms with Crippen LogP contribution in [-0.4, -0.2) is 17.8 Å². The van der Waals surface area contributed by atoms with E-state index in [9.17, 15) is 30.7 Å². The Balaban J connectivity index is 2.77. The third kappa shape index (κ3) is 1.82. The molecule has 21 heavy (non-hydrogen) atoms. The van der Waals surface area contributed by atoms with Gasteiger partial charge in [-0.25, -0.2) is 4.39 Å². The number of alkyl halides is 6. The van der Waals surface area contributed by atoms with Crippen LogP contribution in [0.15, 0.2) is 18.0 Å². The highest BCUT2D eigenvalue weighted by Crippen LogP contribution is 2.62. The molecule has 0 bridgehead atoms. The lowest BCUT2D eigenvalue weighted by Gasteiger charge is -2.24. The lowest BCUT2D eigenvalue weighted by atomic mass is 9.94. The van der Waals surface area contributed by atoms with Crippen molar-refractivity contribution >= 4 is 5.57 Å². The molecule has 1 aliphatic carbocycles. The Hall–Kier alpha value is -1.53. The Kier molecular flexibility index (Phi) is 3.20. The second-order valence-electron chi connectivity index (χ2n) is 5.15. The highest BCUT2D eigenvalue weighted by molar-refractivity contribution is 5.79. The summed E-state index contributed by atoms with van der Waals surface area (Å²) in [4.78, 5) is 0. The van der Waals surface area contributed by atoms with E-state index in [1.165, 1.54) is 13.8 Å². The van der Waals surface area contributed by atoms with Gasteiger partial charge in [0.2, 0.25) is 0 Å². The van der Waals surface area contributed by atoms with Crippen LogP contribution in [0.4, 0.5) is 30.7 Å². The number of benzene rings is 1. The quantitative estimate of drug-likeness (QED) is 0.624. The summed E-state index contributed by atoms with van der Waals surface area (Å²) in [5, 5.41) is 0. The largest absolute Gasteiger partial charge is 0.383 e. The molecule has 1 aromatic carbocycles. The summed E-state index contributed by atoms with van der Waals surface area (Å²) < 4.78 is 93.6. The summed E-state index contributed by atoms with van der Waals surface area (Å²) in [5.74, 6) is -19.4. The van der Waals surface area contributed by atoms with Crippen molar-refractivity contribution in [1.82, 2.24) is 0 Å². The van der Waals surface area contributed by atoms with Crippen LogP contribution in [0.5, 0.6) is 0 Å². The lowest BCUT2D eigenvalue weighted by molar-refractivity contribution is -0.263. The van der Waals surface area contributed by atoms with Gasteiger partial charge in [-0.05, 0) is 43.0 Å². The Morgan fingerprint density at radius 1 is 0.762 bits per heavy atom. The molecular formula is C14H11F7. The molecule has 0 nitrogen and oxygen atoms in total. The zero-order valence-electron chi connectivity index (χ0n) is 11.3. The maximum atomic E-state index is 13.7. The molecule has 0 fully saturated rings. The summed E-state index contributed by atoms with van der Waals surface area (Å²) in [6.07, 6.45) is 0. The summed E-state index contributed by atoms with van der Waals surface area (Å²) in [6, 6.07) is 2.01. The predicted octanol–water partition coefficient (Wildman–Crippen LogP) is 5.21. The van der Waals surface area contributed by atoms with E-state index in [0.717, 1.165) is 12.1 Å². The Labute approximate surface area is 116 Å². The fraction of sp³-hybridized carbons (Fsp3) is 0.429. The molecule has 0 radical (unpaired) electrons. The van der Waals surface area contributed by atoms with Crippen LogP contribution in [0, 0.1) is 20.8 Å². The molecule has 2 rings (SSSR count). The first-order valence-electron chi connectivity index (χ1n) is 5.98. The molecule has 1 aromatic rings. The summed E-state index contributed by atoms with van der Waals surface area (Å²) in [6.45, 7) is 4.64. The molecule has 0 saturated carbocycles. The van der Waals surface area contributed by atoms with E-state index in [1.54, 1.807) is 6.92 Å². The van der Waals surface area contributed by atoms with Gasteiger partial charge in [0.05, 0.1) is 5.57 Å². The monoisotopic (exact) mass is 312 g/mol. The van der Waals surface area contributed by atoms with E-state index in [0.29, 0.717) is 16.7 Å². The van der Waals surface area contributed by atoms with Crippen molar-refractivity contribution in [1.29, 1.82) is 0 Å². The third-order valence-electron chi connectivity index (χ3n) is 3.81. The van der Waals surface area contributed by atoms with Gasteiger partial charge in [0.15, 0.2) is 5.83 Å². The molecule has 116 valence electrons. The molecule has 0 heterocycles. The molecular weight excluding hydrogens is 301 g/mol. The summed E-state index contributed by atoms with van der Waals surface area (Å²) >= 11 is 0. The number of allylic oxidation sites excluding steroid dienone is 2. The van der Waals surface area contributed by atoms with Crippen molar-refractivity contribution in [3.8, 4) is 0 Å². The van der Waals surface area contributed by atoms with Crippen LogP contribution in [0.3, 0.4) is 0 Å². The van der Waals surface area contributed by atoms with Gasteiger partial charge in [0, 0.05) is 0 Å². The molecule has 0 aliphatic heterocycles. The first-order chi connectivity index (χ1) is 9.35. The van der Waals surface area contributed by atoms with Crippen LogP contribution in [0.2, 0.25) is 0 Å². The van der Waals surface area contributed by atoms with E-state index in [-0.39, 0.29) is 0 Å². The average molecular weight is 312 g/mol. The van der Waals surface area contributed by atoms with Crippen molar-refractivity contribution in [2.75, 3.05) is 0 Å². The van der Waals surface area contributed by atoms with Crippen molar-refractivity contribution in [2.45, 2.75) is 38.5 Å². The highest BCUT2D eigenvalue weighted by atomic mass is 19.3. The van der Waals surface area contributed by atoms with Crippen LogP contribution >= 0.6 is 0 Å². The first-order valence-corrected chi connectivity index (χ1v) is 5.98. The molecule has 0 amide bonds. The van der Waals surface area contributed by atoms with Crippen molar-refractivity contribution in [2.24, 2.45) is 0 Å². The van der Waals surface area contributed by atoms with Gasteiger partial charge in [-0.1, -0.05) is 12.1 Å². The second kappa shape index (κ2) is 4.24. The summed E-state index contributed by atoms with van der Waals surface area (Å²) in [7, 11) is 0. The molecule has 0 aromatic heterocycles. The van der Waals surface area contributed by atoms with Crippen molar-refractivity contribution in [3.05, 3.63) is 40.2 Å². The van der Waals surface area contributed by atoms with Gasteiger partial charge in [0.25, 0.3) is 0 Å². The van der Waals surface area contributed by atoms with Crippen LogP contribution in [-0.2, 0) is 0 Å². The van der Waals surface area contributed by atoms with E-state index in [2.05, 4.69) is 0 Å². The average Bonchev–Trinajstić information content (AvgIpc) is 2.42. The topological polar surface area (TPSA) is 0 Å². The fourth-order valence-corrected chi connectivity index (χ4v) is 2.27. The lowest BCUT2D eigenvalue weighted by Crippen LogP contribution is -2.48. The van der Waals surface area contributed by atoms with Gasteiger partial charge < -0.3 is 0 Å². The Bertz CT molecular complexity index is 618. The molecule has 0 atom stereocenters. The number of hydrogen-bond donors (Lipinski definition) is 0. The smallest absolute Gasteiger partial charge is 0.204 e. The van der Waals surface area contributed by atoms with Gasteiger partial charge in [-0.3, -0.25) is 0 Å². The molecule has 0 spiro atoms. The molecule has 1 aliphatic rings. The van der Waals surface area contributed by atoms with Gasteiger partial charge >= 0.3 is 17.8 Å². The molecule has 0 unspecified atom stereocenters. The zero-order chi connectivity index (χ0) is 16.4. The van der Waals surface area contributed by atoms with E-state index >= 15 is 0 Å². The standard InChI is InChI=1S/C14H11F7/c1-6-4-9(5-7(2)8(6)3)10-11(15)13(18,19)14(20,21)12(10,16)17/h4-5H,1-3H3. The minimum absolute atomic E-state index is 0.416. The van der Waals surface area contributed by atoms with Crippen molar-refractivity contribution in [3.63, 3.8) is 0 Å².